The van der Waals surface area contributed by atoms with Crippen LogP contribution in [0.5, 0.6) is 0 Å². The molecule has 0 spiro atoms. The number of rotatable bonds is 4. The molecule has 3 aliphatic rings. The highest BCUT2D eigenvalue weighted by atomic mass is 16.2. The Morgan fingerprint density at radius 1 is 1.18 bits per heavy atom. The van der Waals surface area contributed by atoms with Gasteiger partial charge >= 0.3 is 0 Å². The molecule has 0 radical (unpaired) electrons. The van der Waals surface area contributed by atoms with E-state index in [1.54, 1.807) is 0 Å². The Labute approximate surface area is 104 Å². The third-order valence-corrected chi connectivity index (χ3v) is 5.11. The van der Waals surface area contributed by atoms with Crippen molar-refractivity contribution in [3.05, 3.63) is 0 Å². The van der Waals surface area contributed by atoms with E-state index in [2.05, 4.69) is 10.6 Å². The summed E-state index contributed by atoms with van der Waals surface area (Å²) in [6.07, 6.45) is 9.23. The second kappa shape index (κ2) is 4.97. The molecule has 1 heterocycles. The van der Waals surface area contributed by atoms with Crippen LogP contribution in [-0.2, 0) is 4.79 Å². The van der Waals surface area contributed by atoms with E-state index >= 15 is 0 Å². The van der Waals surface area contributed by atoms with Crippen LogP contribution in [0.3, 0.4) is 0 Å². The van der Waals surface area contributed by atoms with Crippen LogP contribution in [0.1, 0.15) is 44.9 Å². The molecule has 3 fully saturated rings. The molecule has 0 aromatic rings. The van der Waals surface area contributed by atoms with Gasteiger partial charge in [-0.2, -0.15) is 0 Å². The van der Waals surface area contributed by atoms with Crippen LogP contribution in [0.15, 0.2) is 0 Å². The second-order valence-corrected chi connectivity index (χ2v) is 6.12. The smallest absolute Gasteiger partial charge is 0.237 e. The Hall–Kier alpha value is -0.570. The fourth-order valence-corrected chi connectivity index (χ4v) is 3.77. The number of hydrogen-bond donors (Lipinski definition) is 2. The molecule has 3 heteroatoms. The third-order valence-electron chi connectivity index (χ3n) is 5.11. The van der Waals surface area contributed by atoms with Gasteiger partial charge < -0.3 is 10.6 Å². The predicted octanol–water partition coefficient (Wildman–Crippen LogP) is 1.68. The molecule has 1 saturated heterocycles. The summed E-state index contributed by atoms with van der Waals surface area (Å²) in [7, 11) is 0. The lowest BCUT2D eigenvalue weighted by Gasteiger charge is -2.25. The number of nitrogens with one attached hydrogen (secondary N) is 2. The number of carbonyl (C=O) groups is 1. The highest BCUT2D eigenvalue weighted by molar-refractivity contribution is 5.82. The number of carbonyl (C=O) groups excluding carboxylic acids is 1. The summed E-state index contributed by atoms with van der Waals surface area (Å²) < 4.78 is 0. The minimum Gasteiger partial charge on any atom is -0.355 e. The van der Waals surface area contributed by atoms with Crippen LogP contribution < -0.4 is 10.6 Å². The lowest BCUT2D eigenvalue weighted by molar-refractivity contribution is -0.123. The molecule has 0 aromatic carbocycles. The Balaban J connectivity index is 1.42. The maximum absolute atomic E-state index is 12.1. The fraction of sp³-hybridized carbons (Fsp3) is 0.929. The quantitative estimate of drug-likeness (QED) is 0.780. The Morgan fingerprint density at radius 3 is 2.76 bits per heavy atom. The standard InChI is InChI=1S/C14H24N2O/c17-14(15-8-7-10-3-1-4-10)13-12-6-2-5-11(12)9-16-13/h10-13,16H,1-9H2,(H,15,17). The maximum atomic E-state index is 12.1. The molecular formula is C14H24N2O. The Kier molecular flexibility index (Phi) is 3.37. The molecule has 2 aliphatic carbocycles. The monoisotopic (exact) mass is 236 g/mol. The molecule has 3 rings (SSSR count). The van der Waals surface area contributed by atoms with Gasteiger partial charge in [0.2, 0.25) is 5.91 Å². The van der Waals surface area contributed by atoms with Crippen molar-refractivity contribution in [3.63, 3.8) is 0 Å². The van der Waals surface area contributed by atoms with Crippen LogP contribution in [0.4, 0.5) is 0 Å². The second-order valence-electron chi connectivity index (χ2n) is 6.12. The van der Waals surface area contributed by atoms with Crippen molar-refractivity contribution in [1.82, 2.24) is 10.6 Å². The van der Waals surface area contributed by atoms with Crippen LogP contribution >= 0.6 is 0 Å². The molecular weight excluding hydrogens is 212 g/mol. The summed E-state index contributed by atoms with van der Waals surface area (Å²) in [5, 5.41) is 6.55. The third kappa shape index (κ3) is 2.35. The van der Waals surface area contributed by atoms with E-state index < -0.39 is 0 Å². The van der Waals surface area contributed by atoms with E-state index in [0.29, 0.717) is 5.92 Å². The number of hydrogen-bond acceptors (Lipinski definition) is 2. The molecule has 0 bridgehead atoms. The predicted molar refractivity (Wildman–Crippen MR) is 67.6 cm³/mol. The zero-order valence-corrected chi connectivity index (χ0v) is 10.6. The first-order valence-corrected chi connectivity index (χ1v) is 7.35. The van der Waals surface area contributed by atoms with E-state index in [1.165, 1.54) is 44.9 Å². The van der Waals surface area contributed by atoms with Gasteiger partial charge in [0, 0.05) is 6.54 Å². The van der Waals surface area contributed by atoms with Crippen molar-refractivity contribution in [2.75, 3.05) is 13.1 Å². The van der Waals surface area contributed by atoms with Crippen LogP contribution in [-0.4, -0.2) is 25.0 Å². The van der Waals surface area contributed by atoms with Gasteiger partial charge in [0.1, 0.15) is 0 Å². The summed E-state index contributed by atoms with van der Waals surface area (Å²) in [5.41, 5.74) is 0. The first-order chi connectivity index (χ1) is 8.34. The van der Waals surface area contributed by atoms with Crippen molar-refractivity contribution < 1.29 is 4.79 Å². The minimum absolute atomic E-state index is 0.115. The highest BCUT2D eigenvalue weighted by Crippen LogP contribution is 2.37. The molecule has 3 unspecified atom stereocenters. The number of amides is 1. The average molecular weight is 236 g/mol. The van der Waals surface area contributed by atoms with Crippen LogP contribution in [0.25, 0.3) is 0 Å². The summed E-state index contributed by atoms with van der Waals surface area (Å²) in [6, 6.07) is 0.115. The lowest BCUT2D eigenvalue weighted by atomic mass is 9.83. The van der Waals surface area contributed by atoms with Gasteiger partial charge in [-0.05, 0) is 43.6 Å². The average Bonchev–Trinajstić information content (AvgIpc) is 2.82. The van der Waals surface area contributed by atoms with Crippen molar-refractivity contribution in [2.24, 2.45) is 17.8 Å². The van der Waals surface area contributed by atoms with Crippen molar-refractivity contribution in [1.29, 1.82) is 0 Å². The summed E-state index contributed by atoms with van der Waals surface area (Å²) >= 11 is 0. The van der Waals surface area contributed by atoms with Gasteiger partial charge in [0.05, 0.1) is 6.04 Å². The van der Waals surface area contributed by atoms with E-state index in [0.717, 1.165) is 24.9 Å². The van der Waals surface area contributed by atoms with Gasteiger partial charge in [-0.3, -0.25) is 4.79 Å². The number of fused-ring (bicyclic) bond motifs is 1. The zero-order chi connectivity index (χ0) is 11.7. The SMILES string of the molecule is O=C(NCCC1CCC1)C1NCC2CCCC21. The van der Waals surface area contributed by atoms with Gasteiger partial charge in [-0.1, -0.05) is 25.7 Å². The molecule has 1 aliphatic heterocycles. The van der Waals surface area contributed by atoms with Crippen molar-refractivity contribution >= 4 is 5.91 Å². The van der Waals surface area contributed by atoms with Crippen molar-refractivity contribution in [3.8, 4) is 0 Å². The summed E-state index contributed by atoms with van der Waals surface area (Å²) in [6.45, 7) is 1.95. The minimum atomic E-state index is 0.115. The van der Waals surface area contributed by atoms with E-state index in [4.69, 9.17) is 0 Å². The zero-order valence-electron chi connectivity index (χ0n) is 10.6. The fourth-order valence-electron chi connectivity index (χ4n) is 3.77. The molecule has 3 nitrogen and oxygen atoms in total. The topological polar surface area (TPSA) is 41.1 Å². The largest absolute Gasteiger partial charge is 0.355 e. The van der Waals surface area contributed by atoms with Gasteiger partial charge in [0.15, 0.2) is 0 Å². The Morgan fingerprint density at radius 2 is 2.00 bits per heavy atom. The van der Waals surface area contributed by atoms with Gasteiger partial charge in [-0.25, -0.2) is 0 Å². The van der Waals surface area contributed by atoms with Crippen LogP contribution in [0.2, 0.25) is 0 Å². The summed E-state index contributed by atoms with van der Waals surface area (Å²) in [4.78, 5) is 12.1. The lowest BCUT2D eigenvalue weighted by Crippen LogP contribution is -2.44. The van der Waals surface area contributed by atoms with E-state index in [-0.39, 0.29) is 11.9 Å². The van der Waals surface area contributed by atoms with E-state index in [1.807, 2.05) is 0 Å². The molecule has 17 heavy (non-hydrogen) atoms. The normalized spacial score (nSPS) is 36.6. The van der Waals surface area contributed by atoms with E-state index in [9.17, 15) is 4.79 Å². The molecule has 0 aromatic heterocycles. The maximum Gasteiger partial charge on any atom is 0.237 e. The Bertz CT molecular complexity index is 288. The van der Waals surface area contributed by atoms with Crippen molar-refractivity contribution in [2.45, 2.75) is 51.0 Å². The van der Waals surface area contributed by atoms with Crippen LogP contribution in [0, 0.1) is 17.8 Å². The molecule has 2 saturated carbocycles. The van der Waals surface area contributed by atoms with Gasteiger partial charge in [-0.15, -0.1) is 0 Å². The highest BCUT2D eigenvalue weighted by Gasteiger charge is 2.42. The molecule has 96 valence electrons. The molecule has 3 atom stereocenters. The molecule has 2 N–H and O–H groups in total. The first-order valence-electron chi connectivity index (χ1n) is 7.35. The molecule has 1 amide bonds. The van der Waals surface area contributed by atoms with Gasteiger partial charge in [0.25, 0.3) is 0 Å². The first kappa shape index (κ1) is 11.5. The summed E-state index contributed by atoms with van der Waals surface area (Å²) in [5.74, 6) is 2.56.